The molecule has 0 aliphatic rings. The van der Waals surface area contributed by atoms with Crippen LogP contribution in [0.4, 0.5) is 5.82 Å². The van der Waals surface area contributed by atoms with E-state index in [9.17, 15) is 14.4 Å². The molecule has 0 bridgehead atoms. The van der Waals surface area contributed by atoms with Crippen LogP contribution in [0.2, 0.25) is 0 Å². The standard InChI is InChI=1S/C20H25BrN4O3/c1-5-6-10-16(27)18-22-19(24(4)13-26)17(20(28)23(2)3)25(18)12-14-8-7-9-15(21)11-14/h7-9,11,13H,5-6,10,12H2,1-4H3. The molecule has 0 saturated heterocycles. The number of hydrogen-bond acceptors (Lipinski definition) is 4. The van der Waals surface area contributed by atoms with Crippen LogP contribution < -0.4 is 4.90 Å². The van der Waals surface area contributed by atoms with Gasteiger partial charge in [0.2, 0.25) is 6.41 Å². The van der Waals surface area contributed by atoms with Crippen LogP contribution in [0.25, 0.3) is 0 Å². The Morgan fingerprint density at radius 2 is 1.96 bits per heavy atom. The van der Waals surface area contributed by atoms with Gasteiger partial charge in [-0.1, -0.05) is 41.4 Å². The number of hydrogen-bond donors (Lipinski definition) is 0. The average molecular weight is 449 g/mol. The van der Waals surface area contributed by atoms with Crippen LogP contribution in [-0.4, -0.2) is 53.7 Å². The summed E-state index contributed by atoms with van der Waals surface area (Å²) in [5.74, 6) is -0.0817. The molecule has 0 atom stereocenters. The first-order valence-electron chi connectivity index (χ1n) is 9.08. The molecule has 0 saturated carbocycles. The van der Waals surface area contributed by atoms with Crippen molar-refractivity contribution in [3.8, 4) is 0 Å². The van der Waals surface area contributed by atoms with E-state index in [4.69, 9.17) is 0 Å². The SMILES string of the molecule is CCCCC(=O)c1nc(N(C)C=O)c(C(=O)N(C)C)n1Cc1cccc(Br)c1. The van der Waals surface area contributed by atoms with Crippen LogP contribution in [0.3, 0.4) is 0 Å². The number of unbranched alkanes of at least 4 members (excludes halogenated alkanes) is 1. The summed E-state index contributed by atoms with van der Waals surface area (Å²) in [6.45, 7) is 2.30. The number of anilines is 1. The molecule has 8 heteroatoms. The van der Waals surface area contributed by atoms with Crippen molar-refractivity contribution in [3.63, 3.8) is 0 Å². The molecule has 0 aliphatic heterocycles. The van der Waals surface area contributed by atoms with E-state index in [1.54, 1.807) is 18.7 Å². The van der Waals surface area contributed by atoms with Crippen LogP contribution in [0.15, 0.2) is 28.7 Å². The second-order valence-corrected chi connectivity index (χ2v) is 7.68. The number of carbonyl (C=O) groups excluding carboxylic acids is 3. The minimum atomic E-state index is -0.319. The molecule has 1 aromatic carbocycles. The van der Waals surface area contributed by atoms with Crippen LogP contribution >= 0.6 is 15.9 Å². The van der Waals surface area contributed by atoms with E-state index in [0.717, 1.165) is 22.9 Å². The van der Waals surface area contributed by atoms with E-state index in [1.807, 2.05) is 31.2 Å². The normalized spacial score (nSPS) is 10.6. The first kappa shape index (κ1) is 21.8. The summed E-state index contributed by atoms with van der Waals surface area (Å²) in [5, 5.41) is 0. The molecule has 0 unspecified atom stereocenters. The first-order valence-corrected chi connectivity index (χ1v) is 9.87. The summed E-state index contributed by atoms with van der Waals surface area (Å²) in [4.78, 5) is 44.2. The fourth-order valence-electron chi connectivity index (χ4n) is 2.79. The second kappa shape index (κ2) is 9.64. The van der Waals surface area contributed by atoms with Gasteiger partial charge in [0.05, 0.1) is 6.54 Å². The lowest BCUT2D eigenvalue weighted by molar-refractivity contribution is -0.107. The Labute approximate surface area is 173 Å². The zero-order chi connectivity index (χ0) is 20.8. The zero-order valence-electron chi connectivity index (χ0n) is 16.6. The van der Waals surface area contributed by atoms with Crippen LogP contribution in [-0.2, 0) is 11.3 Å². The number of nitrogens with zero attached hydrogens (tertiary/aromatic N) is 4. The van der Waals surface area contributed by atoms with Gasteiger partial charge in [0.1, 0.15) is 0 Å². The number of benzene rings is 1. The third-order valence-electron chi connectivity index (χ3n) is 4.29. The van der Waals surface area contributed by atoms with Gasteiger partial charge in [-0.2, -0.15) is 0 Å². The van der Waals surface area contributed by atoms with Crippen molar-refractivity contribution in [1.82, 2.24) is 14.5 Å². The zero-order valence-corrected chi connectivity index (χ0v) is 18.2. The highest BCUT2D eigenvalue weighted by molar-refractivity contribution is 9.10. The fraction of sp³-hybridized carbons (Fsp3) is 0.400. The predicted octanol–water partition coefficient (Wildman–Crippen LogP) is 3.36. The maximum Gasteiger partial charge on any atom is 0.273 e. The highest BCUT2D eigenvalue weighted by atomic mass is 79.9. The molecule has 150 valence electrons. The number of halogens is 1. The molecular weight excluding hydrogens is 424 g/mol. The van der Waals surface area contributed by atoms with Gasteiger partial charge in [-0.3, -0.25) is 14.4 Å². The van der Waals surface area contributed by atoms with Gasteiger partial charge < -0.3 is 14.4 Å². The van der Waals surface area contributed by atoms with Crippen molar-refractivity contribution in [2.24, 2.45) is 0 Å². The number of ketones is 1. The van der Waals surface area contributed by atoms with Crippen molar-refractivity contribution in [3.05, 3.63) is 45.8 Å². The Balaban J connectivity index is 2.67. The Morgan fingerprint density at radius 3 is 2.54 bits per heavy atom. The third-order valence-corrected chi connectivity index (χ3v) is 4.78. The van der Waals surface area contributed by atoms with Crippen molar-refractivity contribution in [2.75, 3.05) is 26.0 Å². The lowest BCUT2D eigenvalue weighted by atomic mass is 10.1. The van der Waals surface area contributed by atoms with Crippen molar-refractivity contribution in [1.29, 1.82) is 0 Å². The van der Waals surface area contributed by atoms with E-state index in [1.165, 1.54) is 16.8 Å². The van der Waals surface area contributed by atoms with Crippen LogP contribution in [0.1, 0.15) is 52.9 Å². The molecule has 1 heterocycles. The van der Waals surface area contributed by atoms with Gasteiger partial charge >= 0.3 is 0 Å². The minimum absolute atomic E-state index is 0.143. The molecular formula is C20H25BrN4O3. The molecule has 0 aliphatic carbocycles. The molecule has 0 spiro atoms. The number of Topliss-reactive ketones (excluding diaryl/α,β-unsaturated/α-hetero) is 1. The number of carbonyl (C=O) groups is 3. The highest BCUT2D eigenvalue weighted by Gasteiger charge is 2.29. The summed E-state index contributed by atoms with van der Waals surface area (Å²) in [5.41, 5.74) is 1.13. The van der Waals surface area contributed by atoms with Gasteiger partial charge in [-0.15, -0.1) is 0 Å². The molecule has 0 radical (unpaired) electrons. The predicted molar refractivity (Wildman–Crippen MR) is 112 cm³/mol. The Kier molecular flexibility index (Phi) is 7.51. The quantitative estimate of drug-likeness (QED) is 0.435. The number of aromatic nitrogens is 2. The van der Waals surface area contributed by atoms with Crippen molar-refractivity contribution in [2.45, 2.75) is 32.7 Å². The Morgan fingerprint density at radius 1 is 1.25 bits per heavy atom. The third kappa shape index (κ3) is 4.86. The average Bonchev–Trinajstić information content (AvgIpc) is 3.03. The van der Waals surface area contributed by atoms with E-state index in [-0.39, 0.29) is 29.0 Å². The van der Waals surface area contributed by atoms with Crippen molar-refractivity contribution >= 4 is 39.8 Å². The van der Waals surface area contributed by atoms with E-state index >= 15 is 0 Å². The highest BCUT2D eigenvalue weighted by Crippen LogP contribution is 2.25. The molecule has 2 amide bonds. The lowest BCUT2D eigenvalue weighted by Crippen LogP contribution is -2.28. The molecule has 2 aromatic rings. The molecule has 1 aromatic heterocycles. The Hall–Kier alpha value is -2.48. The van der Waals surface area contributed by atoms with E-state index < -0.39 is 0 Å². The molecule has 28 heavy (non-hydrogen) atoms. The van der Waals surface area contributed by atoms with Gasteiger partial charge in [-0.25, -0.2) is 4.98 Å². The van der Waals surface area contributed by atoms with E-state index in [0.29, 0.717) is 19.4 Å². The fourth-order valence-corrected chi connectivity index (χ4v) is 3.24. The van der Waals surface area contributed by atoms with Gasteiger partial charge in [0.15, 0.2) is 23.1 Å². The van der Waals surface area contributed by atoms with Gasteiger partial charge in [0, 0.05) is 32.0 Å². The number of amides is 2. The number of rotatable bonds is 9. The molecule has 0 N–H and O–H groups in total. The summed E-state index contributed by atoms with van der Waals surface area (Å²) >= 11 is 3.45. The van der Waals surface area contributed by atoms with Gasteiger partial charge in [0.25, 0.3) is 5.91 Å². The van der Waals surface area contributed by atoms with E-state index in [2.05, 4.69) is 20.9 Å². The summed E-state index contributed by atoms with van der Waals surface area (Å²) < 4.78 is 2.52. The maximum atomic E-state index is 12.9. The van der Waals surface area contributed by atoms with Crippen LogP contribution in [0.5, 0.6) is 0 Å². The van der Waals surface area contributed by atoms with Crippen molar-refractivity contribution < 1.29 is 14.4 Å². The smallest absolute Gasteiger partial charge is 0.273 e. The summed E-state index contributed by atoms with van der Waals surface area (Å²) in [6.07, 6.45) is 2.53. The lowest BCUT2D eigenvalue weighted by Gasteiger charge is -2.17. The monoisotopic (exact) mass is 448 g/mol. The molecule has 7 nitrogen and oxygen atoms in total. The van der Waals surface area contributed by atoms with Crippen LogP contribution in [0, 0.1) is 0 Å². The molecule has 2 rings (SSSR count). The largest absolute Gasteiger partial charge is 0.343 e. The first-order chi connectivity index (χ1) is 13.3. The minimum Gasteiger partial charge on any atom is -0.343 e. The van der Waals surface area contributed by atoms with Gasteiger partial charge in [-0.05, 0) is 24.1 Å². The summed E-state index contributed by atoms with van der Waals surface area (Å²) in [7, 11) is 4.77. The summed E-state index contributed by atoms with van der Waals surface area (Å²) in [6, 6.07) is 7.63. The molecule has 0 fully saturated rings. The Bertz CT molecular complexity index is 876. The topological polar surface area (TPSA) is 75.5 Å². The number of imidazole rings is 1. The maximum absolute atomic E-state index is 12.9. The second-order valence-electron chi connectivity index (χ2n) is 6.77.